The summed E-state index contributed by atoms with van der Waals surface area (Å²) >= 11 is 0. The average Bonchev–Trinajstić information content (AvgIpc) is 3.52. The van der Waals surface area contributed by atoms with Crippen LogP contribution in [-0.4, -0.2) is 64.3 Å². The number of methoxy groups -OCH3 is 2. The molecule has 3 aromatic rings. The molecule has 2 aliphatic rings. The number of nitrogens with zero attached hydrogens (tertiary/aromatic N) is 6. The largest absolute Gasteiger partial charge is 0.491 e. The summed E-state index contributed by atoms with van der Waals surface area (Å²) in [5, 5.41) is 0. The van der Waals surface area contributed by atoms with Gasteiger partial charge in [-0.25, -0.2) is 19.9 Å². The number of likely N-dealkylation sites (tertiary alicyclic amines) is 1. The minimum atomic E-state index is -0.429. The monoisotopic (exact) mass is 466 g/mol. The lowest BCUT2D eigenvalue weighted by Gasteiger charge is -2.32. The number of fused-ring (bicyclic) bond motifs is 1. The van der Waals surface area contributed by atoms with Crippen molar-refractivity contribution in [1.82, 2.24) is 24.8 Å². The first-order valence-corrected chi connectivity index (χ1v) is 11.1. The van der Waals surface area contributed by atoms with Gasteiger partial charge in [0.05, 0.1) is 43.9 Å². The number of oxazole rings is 1. The quantitative estimate of drug-likeness (QED) is 0.536. The first-order chi connectivity index (χ1) is 16.6. The molecule has 5 heterocycles. The predicted molar refractivity (Wildman–Crippen MR) is 120 cm³/mol. The van der Waals surface area contributed by atoms with Gasteiger partial charge in [0.2, 0.25) is 5.88 Å². The molecule has 1 saturated heterocycles. The van der Waals surface area contributed by atoms with Crippen molar-refractivity contribution < 1.29 is 23.4 Å². The fourth-order valence-electron chi connectivity index (χ4n) is 4.36. The van der Waals surface area contributed by atoms with Gasteiger partial charge in [-0.1, -0.05) is 0 Å². The molecule has 11 heteroatoms. The summed E-state index contributed by atoms with van der Waals surface area (Å²) in [6.45, 7) is 3.61. The number of rotatable bonds is 6. The van der Waals surface area contributed by atoms with E-state index in [1.54, 1.807) is 32.2 Å². The molecule has 1 fully saturated rings. The Labute approximate surface area is 196 Å². The highest BCUT2D eigenvalue weighted by Gasteiger charge is 2.34. The summed E-state index contributed by atoms with van der Waals surface area (Å²) in [6.07, 6.45) is 6.51. The number of anilines is 1. The van der Waals surface area contributed by atoms with Crippen LogP contribution in [0.2, 0.25) is 0 Å². The van der Waals surface area contributed by atoms with Crippen molar-refractivity contribution in [2.45, 2.75) is 39.0 Å². The molecule has 0 radical (unpaired) electrons. The summed E-state index contributed by atoms with van der Waals surface area (Å²) in [6, 6.07) is 1.90. The Bertz CT molecular complexity index is 1200. The SMILES string of the molecule is COc1cc(N2CCc3ncnc(OC4CCCN4C(=O)c4coc(C)n4)c3C2)cnc1OC. The van der Waals surface area contributed by atoms with Crippen LogP contribution in [0, 0.1) is 6.92 Å². The second kappa shape index (κ2) is 9.16. The minimum absolute atomic E-state index is 0.208. The van der Waals surface area contributed by atoms with Crippen molar-refractivity contribution in [1.29, 1.82) is 0 Å². The van der Waals surface area contributed by atoms with Crippen LogP contribution < -0.4 is 19.1 Å². The van der Waals surface area contributed by atoms with Gasteiger partial charge in [0.25, 0.3) is 11.8 Å². The van der Waals surface area contributed by atoms with E-state index in [9.17, 15) is 4.79 Å². The molecule has 0 bridgehead atoms. The van der Waals surface area contributed by atoms with Crippen LogP contribution in [-0.2, 0) is 13.0 Å². The van der Waals surface area contributed by atoms with Crippen LogP contribution in [0.4, 0.5) is 5.69 Å². The number of carbonyl (C=O) groups is 1. The lowest BCUT2D eigenvalue weighted by Crippen LogP contribution is -2.40. The Balaban J connectivity index is 1.37. The Morgan fingerprint density at radius 3 is 2.79 bits per heavy atom. The Morgan fingerprint density at radius 1 is 1.15 bits per heavy atom. The fraction of sp³-hybridized carbons (Fsp3) is 0.435. The second-order valence-electron chi connectivity index (χ2n) is 8.15. The number of carbonyl (C=O) groups excluding carboxylic acids is 1. The maximum atomic E-state index is 13.0. The molecule has 1 unspecified atom stereocenters. The highest BCUT2D eigenvalue weighted by molar-refractivity contribution is 5.92. The first kappa shape index (κ1) is 21.9. The number of aryl methyl sites for hydroxylation is 1. The summed E-state index contributed by atoms with van der Waals surface area (Å²) in [7, 11) is 3.15. The lowest BCUT2D eigenvalue weighted by molar-refractivity contribution is 0.0373. The predicted octanol–water partition coefficient (Wildman–Crippen LogP) is 2.39. The fourth-order valence-corrected chi connectivity index (χ4v) is 4.36. The molecule has 1 amide bonds. The van der Waals surface area contributed by atoms with Gasteiger partial charge < -0.3 is 28.4 Å². The molecule has 0 saturated carbocycles. The minimum Gasteiger partial charge on any atom is -0.491 e. The molecule has 34 heavy (non-hydrogen) atoms. The molecule has 5 rings (SSSR count). The number of amides is 1. The van der Waals surface area contributed by atoms with E-state index in [2.05, 4.69) is 24.8 Å². The van der Waals surface area contributed by atoms with E-state index in [4.69, 9.17) is 18.6 Å². The van der Waals surface area contributed by atoms with Crippen LogP contribution in [0.3, 0.4) is 0 Å². The first-order valence-electron chi connectivity index (χ1n) is 11.1. The highest BCUT2D eigenvalue weighted by Crippen LogP contribution is 2.34. The zero-order chi connectivity index (χ0) is 23.7. The molecule has 178 valence electrons. The maximum Gasteiger partial charge on any atom is 0.278 e. The zero-order valence-corrected chi connectivity index (χ0v) is 19.4. The van der Waals surface area contributed by atoms with Gasteiger partial charge in [-0.3, -0.25) is 4.79 Å². The second-order valence-corrected chi connectivity index (χ2v) is 8.15. The molecule has 0 N–H and O–H groups in total. The Kier molecular flexibility index (Phi) is 5.91. The number of aromatic nitrogens is 4. The van der Waals surface area contributed by atoms with E-state index in [1.807, 2.05) is 6.07 Å². The van der Waals surface area contributed by atoms with Crippen LogP contribution in [0.1, 0.15) is 40.5 Å². The van der Waals surface area contributed by atoms with Gasteiger partial charge in [-0.05, 0) is 6.42 Å². The standard InChI is InChI=1S/C23H26N6O5/c1-14-27-18(12-33-14)23(30)29-7-4-5-20(29)34-21-16-11-28(8-6-17(16)25-13-26-21)15-9-19(31-2)22(32-3)24-10-15/h9-10,12-13,20H,4-8,11H2,1-3H3. The molecular weight excluding hydrogens is 440 g/mol. The highest BCUT2D eigenvalue weighted by atomic mass is 16.5. The molecule has 2 aliphatic heterocycles. The van der Waals surface area contributed by atoms with Crippen molar-refractivity contribution in [2.75, 3.05) is 32.2 Å². The zero-order valence-electron chi connectivity index (χ0n) is 19.4. The van der Waals surface area contributed by atoms with E-state index >= 15 is 0 Å². The summed E-state index contributed by atoms with van der Waals surface area (Å²) in [5.41, 5.74) is 3.03. The third-order valence-electron chi connectivity index (χ3n) is 6.09. The average molecular weight is 466 g/mol. The normalized spacial score (nSPS) is 17.4. The molecule has 0 aliphatic carbocycles. The van der Waals surface area contributed by atoms with Crippen LogP contribution in [0.25, 0.3) is 0 Å². The number of ether oxygens (including phenoxy) is 3. The van der Waals surface area contributed by atoms with Gasteiger partial charge in [-0.15, -0.1) is 0 Å². The van der Waals surface area contributed by atoms with Gasteiger partial charge in [0.15, 0.2) is 23.6 Å². The van der Waals surface area contributed by atoms with Crippen molar-refractivity contribution in [3.63, 3.8) is 0 Å². The van der Waals surface area contributed by atoms with Crippen molar-refractivity contribution in [3.05, 3.63) is 47.7 Å². The molecule has 3 aromatic heterocycles. The number of pyridine rings is 1. The van der Waals surface area contributed by atoms with Crippen molar-refractivity contribution in [2.24, 2.45) is 0 Å². The maximum absolute atomic E-state index is 13.0. The van der Waals surface area contributed by atoms with Crippen LogP contribution in [0.15, 0.2) is 29.3 Å². The molecule has 0 aromatic carbocycles. The van der Waals surface area contributed by atoms with Gasteiger partial charge in [0, 0.05) is 38.9 Å². The van der Waals surface area contributed by atoms with Gasteiger partial charge in [0.1, 0.15) is 12.6 Å². The molecular formula is C23H26N6O5. The third-order valence-corrected chi connectivity index (χ3v) is 6.09. The van der Waals surface area contributed by atoms with E-state index in [-0.39, 0.29) is 11.6 Å². The summed E-state index contributed by atoms with van der Waals surface area (Å²) in [4.78, 5) is 34.2. The van der Waals surface area contributed by atoms with E-state index in [1.165, 1.54) is 12.6 Å². The third kappa shape index (κ3) is 4.09. The van der Waals surface area contributed by atoms with E-state index in [0.717, 1.165) is 36.3 Å². The molecule has 11 nitrogen and oxygen atoms in total. The Morgan fingerprint density at radius 2 is 2.03 bits per heavy atom. The van der Waals surface area contributed by atoms with Crippen LogP contribution >= 0.6 is 0 Å². The molecule has 0 spiro atoms. The smallest absolute Gasteiger partial charge is 0.278 e. The van der Waals surface area contributed by atoms with Gasteiger partial charge in [-0.2, -0.15) is 0 Å². The van der Waals surface area contributed by atoms with Crippen LogP contribution in [0.5, 0.6) is 17.5 Å². The summed E-state index contributed by atoms with van der Waals surface area (Å²) < 4.78 is 22.2. The lowest BCUT2D eigenvalue weighted by atomic mass is 10.1. The van der Waals surface area contributed by atoms with Crippen molar-refractivity contribution >= 4 is 11.6 Å². The van der Waals surface area contributed by atoms with Gasteiger partial charge >= 0.3 is 0 Å². The van der Waals surface area contributed by atoms with E-state index < -0.39 is 6.23 Å². The van der Waals surface area contributed by atoms with E-state index in [0.29, 0.717) is 42.9 Å². The Hall–Kier alpha value is -3.89. The topological polar surface area (TPSA) is 116 Å². The number of hydrogen-bond donors (Lipinski definition) is 0. The molecule has 1 atom stereocenters. The summed E-state index contributed by atoms with van der Waals surface area (Å²) in [5.74, 6) is 1.73. The van der Waals surface area contributed by atoms with Crippen molar-refractivity contribution in [3.8, 4) is 17.5 Å². The number of hydrogen-bond acceptors (Lipinski definition) is 10.